The third-order valence-corrected chi connectivity index (χ3v) is 3.20. The summed E-state index contributed by atoms with van der Waals surface area (Å²) in [5, 5.41) is 1.26. The van der Waals surface area contributed by atoms with Crippen molar-refractivity contribution in [3.05, 3.63) is 60.2 Å². The number of furan rings is 1. The second-order valence-electron chi connectivity index (χ2n) is 4.61. The van der Waals surface area contributed by atoms with Gasteiger partial charge in [0.05, 0.1) is 6.26 Å². The summed E-state index contributed by atoms with van der Waals surface area (Å²) in [6.07, 6.45) is 5.36. The Labute approximate surface area is 106 Å². The number of nitrogens with two attached hydrogens (primary N) is 1. The molecule has 0 radical (unpaired) electrons. The average Bonchev–Trinajstić information content (AvgIpc) is 3.00. The van der Waals surface area contributed by atoms with E-state index in [1.165, 1.54) is 10.9 Å². The second kappa shape index (κ2) is 4.70. The number of aromatic nitrogens is 1. The highest BCUT2D eigenvalue weighted by Gasteiger charge is 2.10. The molecule has 92 valence electrons. The molecule has 0 aliphatic rings. The van der Waals surface area contributed by atoms with Crippen molar-refractivity contribution in [2.75, 3.05) is 0 Å². The van der Waals surface area contributed by atoms with E-state index in [9.17, 15) is 0 Å². The maximum atomic E-state index is 6.17. The van der Waals surface area contributed by atoms with Crippen molar-refractivity contribution < 1.29 is 4.42 Å². The van der Waals surface area contributed by atoms with Gasteiger partial charge in [-0.1, -0.05) is 18.2 Å². The Hall–Kier alpha value is -2.00. The van der Waals surface area contributed by atoms with E-state index in [0.717, 1.165) is 24.1 Å². The first-order chi connectivity index (χ1) is 8.83. The molecule has 0 spiro atoms. The minimum Gasteiger partial charge on any atom is -0.469 e. The van der Waals surface area contributed by atoms with Crippen molar-refractivity contribution in [3.63, 3.8) is 0 Å². The van der Waals surface area contributed by atoms with Crippen LogP contribution in [0.4, 0.5) is 0 Å². The van der Waals surface area contributed by atoms with Crippen LogP contribution in [-0.4, -0.2) is 11.0 Å². The van der Waals surface area contributed by atoms with Crippen molar-refractivity contribution in [1.29, 1.82) is 0 Å². The molecule has 3 N–H and O–H groups in total. The molecule has 18 heavy (non-hydrogen) atoms. The van der Waals surface area contributed by atoms with Gasteiger partial charge < -0.3 is 15.1 Å². The molecule has 3 heteroatoms. The minimum atomic E-state index is 0.0790. The van der Waals surface area contributed by atoms with Crippen LogP contribution in [0, 0.1) is 0 Å². The first kappa shape index (κ1) is 11.1. The van der Waals surface area contributed by atoms with Gasteiger partial charge >= 0.3 is 0 Å². The molecule has 0 fully saturated rings. The largest absolute Gasteiger partial charge is 0.469 e. The van der Waals surface area contributed by atoms with Crippen LogP contribution in [0.15, 0.2) is 53.3 Å². The van der Waals surface area contributed by atoms with Crippen molar-refractivity contribution >= 4 is 10.9 Å². The monoisotopic (exact) mass is 240 g/mol. The molecular formula is C15H16N2O. The van der Waals surface area contributed by atoms with E-state index in [4.69, 9.17) is 10.2 Å². The fourth-order valence-electron chi connectivity index (χ4n) is 2.34. The summed E-state index contributed by atoms with van der Waals surface area (Å²) in [7, 11) is 0. The number of aromatic amines is 1. The van der Waals surface area contributed by atoms with Crippen LogP contribution < -0.4 is 5.73 Å². The van der Waals surface area contributed by atoms with Crippen molar-refractivity contribution in [2.24, 2.45) is 5.73 Å². The van der Waals surface area contributed by atoms with E-state index in [2.05, 4.69) is 23.2 Å². The summed E-state index contributed by atoms with van der Waals surface area (Å²) in [5.41, 5.74) is 8.61. The van der Waals surface area contributed by atoms with E-state index >= 15 is 0 Å². The van der Waals surface area contributed by atoms with Gasteiger partial charge in [0, 0.05) is 29.6 Å². The molecule has 3 rings (SSSR count). The van der Waals surface area contributed by atoms with Gasteiger partial charge in [-0.05, 0) is 30.2 Å². The third kappa shape index (κ3) is 2.17. The maximum Gasteiger partial charge on any atom is 0.105 e. The fourth-order valence-corrected chi connectivity index (χ4v) is 2.34. The first-order valence-corrected chi connectivity index (χ1v) is 6.16. The van der Waals surface area contributed by atoms with E-state index in [1.807, 2.05) is 24.4 Å². The third-order valence-electron chi connectivity index (χ3n) is 3.20. The summed E-state index contributed by atoms with van der Waals surface area (Å²) in [6, 6.07) is 12.2. The van der Waals surface area contributed by atoms with Crippen LogP contribution in [-0.2, 0) is 12.8 Å². The number of hydrogen-bond donors (Lipinski definition) is 2. The number of nitrogens with one attached hydrogen (secondary N) is 1. The van der Waals surface area contributed by atoms with Crippen LogP contribution in [0.1, 0.15) is 11.3 Å². The lowest BCUT2D eigenvalue weighted by molar-refractivity contribution is 0.483. The lowest BCUT2D eigenvalue weighted by Crippen LogP contribution is -2.25. The Morgan fingerprint density at radius 2 is 2.00 bits per heavy atom. The number of para-hydroxylation sites is 1. The SMILES string of the molecule is NC(Cc1ccco1)Cc1c[nH]c2ccccc12. The maximum absolute atomic E-state index is 6.17. The molecule has 3 aromatic rings. The average molecular weight is 240 g/mol. The van der Waals surface area contributed by atoms with E-state index in [1.54, 1.807) is 6.26 Å². The highest BCUT2D eigenvalue weighted by atomic mass is 16.3. The van der Waals surface area contributed by atoms with Gasteiger partial charge in [0.2, 0.25) is 0 Å². The smallest absolute Gasteiger partial charge is 0.105 e. The molecule has 0 saturated heterocycles. The van der Waals surface area contributed by atoms with Gasteiger partial charge in [-0.15, -0.1) is 0 Å². The Balaban J connectivity index is 1.76. The van der Waals surface area contributed by atoms with Crippen LogP contribution in [0.3, 0.4) is 0 Å². The Morgan fingerprint density at radius 1 is 1.11 bits per heavy atom. The van der Waals surface area contributed by atoms with E-state index < -0.39 is 0 Å². The molecule has 2 aromatic heterocycles. The van der Waals surface area contributed by atoms with Crippen LogP contribution in [0.25, 0.3) is 10.9 Å². The molecule has 0 amide bonds. The van der Waals surface area contributed by atoms with Crippen LogP contribution >= 0.6 is 0 Å². The Morgan fingerprint density at radius 3 is 2.83 bits per heavy atom. The molecule has 1 aromatic carbocycles. The number of fused-ring (bicyclic) bond motifs is 1. The zero-order valence-corrected chi connectivity index (χ0v) is 10.1. The van der Waals surface area contributed by atoms with E-state index in [0.29, 0.717) is 0 Å². The fraction of sp³-hybridized carbons (Fsp3) is 0.200. The summed E-state index contributed by atoms with van der Waals surface area (Å²) in [5.74, 6) is 0.947. The lowest BCUT2D eigenvalue weighted by Gasteiger charge is -2.08. The van der Waals surface area contributed by atoms with Gasteiger partial charge in [0.15, 0.2) is 0 Å². The molecule has 2 heterocycles. The quantitative estimate of drug-likeness (QED) is 0.736. The zero-order valence-electron chi connectivity index (χ0n) is 10.1. The van der Waals surface area contributed by atoms with Crippen LogP contribution in [0.2, 0.25) is 0 Å². The van der Waals surface area contributed by atoms with Gasteiger partial charge in [-0.25, -0.2) is 0 Å². The molecule has 0 bridgehead atoms. The predicted octanol–water partition coefficient (Wildman–Crippen LogP) is 2.87. The van der Waals surface area contributed by atoms with Gasteiger partial charge in [-0.2, -0.15) is 0 Å². The molecule has 1 unspecified atom stereocenters. The summed E-state index contributed by atoms with van der Waals surface area (Å²) >= 11 is 0. The minimum absolute atomic E-state index is 0.0790. The molecule has 0 aliphatic carbocycles. The highest BCUT2D eigenvalue weighted by molar-refractivity contribution is 5.83. The van der Waals surface area contributed by atoms with Crippen molar-refractivity contribution in [1.82, 2.24) is 4.98 Å². The zero-order chi connectivity index (χ0) is 12.4. The summed E-state index contributed by atoms with van der Waals surface area (Å²) in [4.78, 5) is 3.27. The number of rotatable bonds is 4. The predicted molar refractivity (Wildman–Crippen MR) is 72.4 cm³/mol. The number of hydrogen-bond acceptors (Lipinski definition) is 2. The molecule has 1 atom stereocenters. The van der Waals surface area contributed by atoms with Crippen molar-refractivity contribution in [3.8, 4) is 0 Å². The lowest BCUT2D eigenvalue weighted by atomic mass is 10.0. The summed E-state index contributed by atoms with van der Waals surface area (Å²) in [6.45, 7) is 0. The summed E-state index contributed by atoms with van der Waals surface area (Å²) < 4.78 is 5.32. The first-order valence-electron chi connectivity index (χ1n) is 6.16. The van der Waals surface area contributed by atoms with E-state index in [-0.39, 0.29) is 6.04 Å². The van der Waals surface area contributed by atoms with Gasteiger partial charge in [-0.3, -0.25) is 0 Å². The number of benzene rings is 1. The second-order valence-corrected chi connectivity index (χ2v) is 4.61. The Bertz CT molecular complexity index is 625. The topological polar surface area (TPSA) is 54.9 Å². The molecule has 0 saturated carbocycles. The highest BCUT2D eigenvalue weighted by Crippen LogP contribution is 2.19. The normalized spacial score (nSPS) is 12.9. The van der Waals surface area contributed by atoms with Crippen LogP contribution in [0.5, 0.6) is 0 Å². The molecule has 0 aliphatic heterocycles. The van der Waals surface area contributed by atoms with Gasteiger partial charge in [0.1, 0.15) is 5.76 Å². The molecule has 3 nitrogen and oxygen atoms in total. The van der Waals surface area contributed by atoms with Crippen molar-refractivity contribution in [2.45, 2.75) is 18.9 Å². The number of H-pyrrole nitrogens is 1. The Kier molecular flexibility index (Phi) is 2.90. The van der Waals surface area contributed by atoms with Gasteiger partial charge in [0.25, 0.3) is 0 Å². The standard InChI is InChI=1S/C15H16N2O/c16-12(9-13-4-3-7-18-13)8-11-10-17-15-6-2-1-5-14(11)15/h1-7,10,12,17H,8-9,16H2. The molecular weight excluding hydrogens is 224 g/mol.